The summed E-state index contributed by atoms with van der Waals surface area (Å²) in [6, 6.07) is 3.82. The van der Waals surface area contributed by atoms with Gasteiger partial charge in [-0.3, -0.25) is 0 Å². The molecule has 1 aromatic carbocycles. The lowest BCUT2D eigenvalue weighted by atomic mass is 10.2. The van der Waals surface area contributed by atoms with Gasteiger partial charge in [-0.15, -0.1) is 0 Å². The fraction of sp³-hybridized carbons (Fsp3) is 0.600. The molecule has 1 rings (SSSR count). The minimum atomic E-state index is -3.61. The van der Waals surface area contributed by atoms with Crippen LogP contribution in [0.1, 0.15) is 33.3 Å². The van der Waals surface area contributed by atoms with Gasteiger partial charge in [0.25, 0.3) is 0 Å². The van der Waals surface area contributed by atoms with Gasteiger partial charge in [0.05, 0.1) is 4.90 Å². The van der Waals surface area contributed by atoms with Crippen LogP contribution in [-0.2, 0) is 16.6 Å². The van der Waals surface area contributed by atoms with Gasteiger partial charge in [0, 0.05) is 24.7 Å². The van der Waals surface area contributed by atoms with Crippen molar-refractivity contribution in [2.45, 2.75) is 45.2 Å². The Kier molecular flexibility index (Phi) is 6.31. The van der Waals surface area contributed by atoms with Crippen LogP contribution in [0.4, 0.5) is 4.39 Å². The highest BCUT2D eigenvalue weighted by Crippen LogP contribution is 2.22. The molecule has 0 unspecified atom stereocenters. The van der Waals surface area contributed by atoms with Crippen LogP contribution in [0.15, 0.2) is 23.1 Å². The molecule has 0 radical (unpaired) electrons. The van der Waals surface area contributed by atoms with Crippen molar-refractivity contribution >= 4 is 10.0 Å². The van der Waals surface area contributed by atoms with Crippen LogP contribution in [0.5, 0.6) is 0 Å². The van der Waals surface area contributed by atoms with E-state index in [-0.39, 0.29) is 16.9 Å². The van der Waals surface area contributed by atoms with E-state index in [4.69, 9.17) is 0 Å². The van der Waals surface area contributed by atoms with Gasteiger partial charge in [0.15, 0.2) is 0 Å². The van der Waals surface area contributed by atoms with Gasteiger partial charge in [0.1, 0.15) is 5.82 Å². The molecular formula is C15H25FN2O2S. The molecule has 120 valence electrons. The predicted molar refractivity (Wildman–Crippen MR) is 83.0 cm³/mol. The molecule has 0 atom stereocenters. The second-order valence-electron chi connectivity index (χ2n) is 5.85. The van der Waals surface area contributed by atoms with Crippen molar-refractivity contribution in [1.29, 1.82) is 0 Å². The van der Waals surface area contributed by atoms with Crippen LogP contribution in [0.25, 0.3) is 0 Å². The first-order valence-corrected chi connectivity index (χ1v) is 8.59. The third-order valence-electron chi connectivity index (χ3n) is 3.11. The summed E-state index contributed by atoms with van der Waals surface area (Å²) in [4.78, 5) is 0.142. The third kappa shape index (κ3) is 4.49. The van der Waals surface area contributed by atoms with Crippen molar-refractivity contribution < 1.29 is 12.8 Å². The molecule has 0 bridgehead atoms. The molecule has 0 aromatic heterocycles. The van der Waals surface area contributed by atoms with Gasteiger partial charge in [-0.2, -0.15) is 4.31 Å². The van der Waals surface area contributed by atoms with Crippen molar-refractivity contribution in [3.8, 4) is 0 Å². The highest BCUT2D eigenvalue weighted by Gasteiger charge is 2.28. The van der Waals surface area contributed by atoms with Gasteiger partial charge in [-0.25, -0.2) is 12.8 Å². The number of hydrogen-bond acceptors (Lipinski definition) is 3. The van der Waals surface area contributed by atoms with Gasteiger partial charge in [-0.1, -0.05) is 13.8 Å². The third-order valence-corrected chi connectivity index (χ3v) is 5.15. The molecular weight excluding hydrogens is 291 g/mol. The normalized spacial score (nSPS) is 12.6. The quantitative estimate of drug-likeness (QED) is 0.841. The van der Waals surface area contributed by atoms with Crippen molar-refractivity contribution in [3.63, 3.8) is 0 Å². The van der Waals surface area contributed by atoms with E-state index in [1.807, 2.05) is 27.7 Å². The molecule has 1 N–H and O–H groups in total. The topological polar surface area (TPSA) is 49.4 Å². The second kappa shape index (κ2) is 7.33. The van der Waals surface area contributed by atoms with E-state index in [1.165, 1.54) is 22.5 Å². The summed E-state index contributed by atoms with van der Waals surface area (Å²) in [7, 11) is -1.92. The Morgan fingerprint density at radius 2 is 1.86 bits per heavy atom. The fourth-order valence-corrected chi connectivity index (χ4v) is 3.97. The number of rotatable bonds is 7. The molecule has 0 spiro atoms. The smallest absolute Gasteiger partial charge is 0.243 e. The lowest BCUT2D eigenvalue weighted by Gasteiger charge is -2.27. The predicted octanol–water partition coefficient (Wildman–Crippen LogP) is 2.60. The Morgan fingerprint density at radius 3 is 2.33 bits per heavy atom. The number of hydrogen-bond donors (Lipinski definition) is 1. The highest BCUT2D eigenvalue weighted by molar-refractivity contribution is 7.89. The average Bonchev–Trinajstić information content (AvgIpc) is 2.38. The maximum absolute atomic E-state index is 13.7. The average molecular weight is 316 g/mol. The Bertz CT molecular complexity index is 571. The summed E-state index contributed by atoms with van der Waals surface area (Å²) >= 11 is 0. The monoisotopic (exact) mass is 316 g/mol. The Labute approximate surface area is 127 Å². The number of benzene rings is 1. The highest BCUT2D eigenvalue weighted by atomic mass is 32.2. The van der Waals surface area contributed by atoms with E-state index >= 15 is 0 Å². The Balaban J connectivity index is 3.24. The first-order valence-electron chi connectivity index (χ1n) is 7.15. The molecule has 1 aromatic rings. The standard InChI is InChI=1S/C15H25FN2O2S/c1-11(2)10-18(12(3)4)21(19,20)14-6-7-15(16)13(8-14)9-17-5/h6-8,11-12,17H,9-10H2,1-5H3. The van der Waals surface area contributed by atoms with Crippen LogP contribution < -0.4 is 5.32 Å². The summed E-state index contributed by atoms with van der Waals surface area (Å²) in [6.45, 7) is 8.37. The maximum Gasteiger partial charge on any atom is 0.243 e. The van der Waals surface area contributed by atoms with Crippen LogP contribution in [0.2, 0.25) is 0 Å². The zero-order valence-corrected chi connectivity index (χ0v) is 14.2. The minimum absolute atomic E-state index is 0.142. The first kappa shape index (κ1) is 18.1. The van der Waals surface area contributed by atoms with Crippen molar-refractivity contribution in [1.82, 2.24) is 9.62 Å². The molecule has 0 amide bonds. The van der Waals surface area contributed by atoms with Gasteiger partial charge < -0.3 is 5.32 Å². The van der Waals surface area contributed by atoms with E-state index < -0.39 is 15.8 Å². The van der Waals surface area contributed by atoms with Crippen LogP contribution >= 0.6 is 0 Å². The molecule has 0 aliphatic heterocycles. The van der Waals surface area contributed by atoms with E-state index in [0.29, 0.717) is 18.7 Å². The van der Waals surface area contributed by atoms with Crippen LogP contribution in [0.3, 0.4) is 0 Å². The summed E-state index contributed by atoms with van der Waals surface area (Å²) in [5.74, 6) is -0.178. The molecule has 0 aliphatic rings. The summed E-state index contributed by atoms with van der Waals surface area (Å²) in [5.41, 5.74) is 0.354. The largest absolute Gasteiger partial charge is 0.316 e. The molecule has 0 saturated heterocycles. The number of sulfonamides is 1. The molecule has 4 nitrogen and oxygen atoms in total. The molecule has 21 heavy (non-hydrogen) atoms. The SMILES string of the molecule is CNCc1cc(S(=O)(=O)N(CC(C)C)C(C)C)ccc1F. The number of nitrogens with one attached hydrogen (secondary N) is 1. The summed E-state index contributed by atoms with van der Waals surface area (Å²) in [6.07, 6.45) is 0. The number of halogens is 1. The molecule has 0 saturated carbocycles. The lowest BCUT2D eigenvalue weighted by molar-refractivity contribution is 0.319. The molecule has 0 fully saturated rings. The van der Waals surface area contributed by atoms with Crippen molar-refractivity contribution in [2.75, 3.05) is 13.6 Å². The van der Waals surface area contributed by atoms with E-state index in [1.54, 1.807) is 7.05 Å². The van der Waals surface area contributed by atoms with Crippen molar-refractivity contribution in [2.24, 2.45) is 5.92 Å². The van der Waals surface area contributed by atoms with E-state index in [0.717, 1.165) is 0 Å². The zero-order chi connectivity index (χ0) is 16.2. The molecule has 0 aliphatic carbocycles. The van der Waals surface area contributed by atoms with E-state index in [2.05, 4.69) is 5.32 Å². The fourth-order valence-electron chi connectivity index (χ4n) is 2.12. The molecule has 0 heterocycles. The Morgan fingerprint density at radius 1 is 1.24 bits per heavy atom. The first-order chi connectivity index (χ1) is 9.70. The molecule has 6 heteroatoms. The summed E-state index contributed by atoms with van der Waals surface area (Å²) in [5, 5.41) is 2.84. The van der Waals surface area contributed by atoms with Crippen LogP contribution in [-0.4, -0.2) is 32.4 Å². The van der Waals surface area contributed by atoms with Crippen molar-refractivity contribution in [3.05, 3.63) is 29.6 Å². The van der Waals surface area contributed by atoms with Gasteiger partial charge in [0.2, 0.25) is 10.0 Å². The second-order valence-corrected chi connectivity index (χ2v) is 7.74. The van der Waals surface area contributed by atoms with Crippen LogP contribution in [0, 0.1) is 11.7 Å². The van der Waals surface area contributed by atoms with Gasteiger partial charge >= 0.3 is 0 Å². The van der Waals surface area contributed by atoms with Gasteiger partial charge in [-0.05, 0) is 45.0 Å². The summed E-state index contributed by atoms with van der Waals surface area (Å²) < 4.78 is 40.7. The lowest BCUT2D eigenvalue weighted by Crippen LogP contribution is -2.39. The minimum Gasteiger partial charge on any atom is -0.316 e. The van der Waals surface area contributed by atoms with E-state index in [9.17, 15) is 12.8 Å². The Hall–Kier alpha value is -0.980. The maximum atomic E-state index is 13.7. The zero-order valence-electron chi connectivity index (χ0n) is 13.4. The number of nitrogens with zero attached hydrogens (tertiary/aromatic N) is 1.